The van der Waals surface area contributed by atoms with Crippen LogP contribution in [-0.2, 0) is 11.3 Å². The lowest BCUT2D eigenvalue weighted by atomic mass is 10.1. The maximum Gasteiger partial charge on any atom is 0.490 e. The molecule has 0 atom stereocenters. The number of alkyl halides is 5. The first kappa shape index (κ1) is 27.8. The number of halogens is 7. The van der Waals surface area contributed by atoms with Gasteiger partial charge in [0.15, 0.2) is 11.6 Å². The third-order valence-electron chi connectivity index (χ3n) is 5.98. The zero-order valence-electron chi connectivity index (χ0n) is 19.5. The molecule has 5 rings (SSSR count). The van der Waals surface area contributed by atoms with Gasteiger partial charge in [-0.15, -0.1) is 0 Å². The molecule has 14 heteroatoms. The predicted octanol–water partition coefficient (Wildman–Crippen LogP) is 5.15. The number of carboxylic acid groups (broad SMARTS) is 1. The van der Waals surface area contributed by atoms with Crippen molar-refractivity contribution >= 4 is 34.7 Å². The van der Waals surface area contributed by atoms with E-state index < -0.39 is 18.1 Å². The number of hydrogen-bond acceptors (Lipinski definition) is 3. The number of aromatic amines is 1. The quantitative estimate of drug-likeness (QED) is 0.293. The average molecular weight is 577 g/mol. The molecular formula is C24H21Cl2F5N5O2+. The van der Waals surface area contributed by atoms with Gasteiger partial charge in [-0.25, -0.2) is 23.5 Å². The summed E-state index contributed by atoms with van der Waals surface area (Å²) in [5, 5.41) is 8.22. The molecule has 4 heterocycles. The van der Waals surface area contributed by atoms with E-state index in [-0.39, 0.29) is 12.8 Å². The van der Waals surface area contributed by atoms with Gasteiger partial charge < -0.3 is 15.0 Å². The molecule has 1 fully saturated rings. The fraction of sp³-hybridized carbons (Fsp3) is 0.292. The molecule has 0 amide bonds. The monoisotopic (exact) mass is 576 g/mol. The van der Waals surface area contributed by atoms with Crippen LogP contribution in [0.15, 0.2) is 48.8 Å². The minimum Gasteiger partial charge on any atom is -0.475 e. The SMILES string of the molecule is FC1(F)CC[NH+](Cc2nc(-c3ncc(-c4ccc(Cl)cc4Cl)[nH]3)n3ccccc23)CC1.O=C(O)C(F)(F)F. The molecule has 38 heavy (non-hydrogen) atoms. The van der Waals surface area contributed by atoms with E-state index in [0.29, 0.717) is 41.3 Å². The smallest absolute Gasteiger partial charge is 0.475 e. The number of aliphatic carboxylic acids is 1. The Hall–Kier alpha value is -3.22. The molecular weight excluding hydrogens is 556 g/mol. The number of aromatic nitrogens is 4. The fourth-order valence-corrected chi connectivity index (χ4v) is 4.57. The van der Waals surface area contributed by atoms with Crippen LogP contribution < -0.4 is 4.90 Å². The van der Waals surface area contributed by atoms with Crippen molar-refractivity contribution in [2.24, 2.45) is 0 Å². The predicted molar refractivity (Wildman–Crippen MR) is 131 cm³/mol. The summed E-state index contributed by atoms with van der Waals surface area (Å²) in [6.45, 7) is 1.47. The minimum absolute atomic E-state index is 0.0790. The molecule has 1 aliphatic heterocycles. The number of hydrogen-bond donors (Lipinski definition) is 3. The van der Waals surface area contributed by atoms with Crippen LogP contribution in [0.4, 0.5) is 22.0 Å². The van der Waals surface area contributed by atoms with Gasteiger partial charge in [0, 0.05) is 16.8 Å². The summed E-state index contributed by atoms with van der Waals surface area (Å²) < 4.78 is 60.8. The second kappa shape index (κ2) is 10.9. The first-order chi connectivity index (χ1) is 17.8. The van der Waals surface area contributed by atoms with E-state index in [2.05, 4.69) is 9.97 Å². The number of quaternary nitrogens is 1. The number of H-pyrrole nitrogens is 1. The Balaban J connectivity index is 0.000000426. The van der Waals surface area contributed by atoms with Crippen LogP contribution in [0.5, 0.6) is 0 Å². The number of fused-ring (bicyclic) bond motifs is 1. The van der Waals surface area contributed by atoms with Gasteiger partial charge in [-0.05, 0) is 30.3 Å². The number of piperidine rings is 1. The van der Waals surface area contributed by atoms with E-state index in [1.807, 2.05) is 34.9 Å². The second-order valence-corrected chi connectivity index (χ2v) is 9.54. The Labute approximate surface area is 222 Å². The normalized spacial score (nSPS) is 15.8. The van der Waals surface area contributed by atoms with Crippen molar-refractivity contribution in [3.8, 4) is 22.9 Å². The lowest BCUT2D eigenvalue weighted by molar-refractivity contribution is -0.921. The number of carboxylic acids is 1. The number of nitrogens with one attached hydrogen (secondary N) is 2. The zero-order chi connectivity index (χ0) is 27.7. The standard InChI is InChI=1S/C22H19Cl2F2N5.C2HF3O2/c23-14-4-5-15(16(24)11-14)17-12-27-20(28-17)21-29-18(19-3-1-2-8-31(19)21)13-30-9-6-22(25,26)7-10-30;3-2(4,5)1(6)7/h1-5,8,11-12H,6-7,9-10,13H2,(H,27,28);(H,6,7)/p+1. The maximum atomic E-state index is 13.5. The Morgan fingerprint density at radius 2 is 1.84 bits per heavy atom. The van der Waals surface area contributed by atoms with E-state index in [1.165, 1.54) is 0 Å². The molecule has 1 saturated heterocycles. The number of imidazole rings is 2. The van der Waals surface area contributed by atoms with E-state index in [4.69, 9.17) is 38.1 Å². The molecule has 4 aromatic rings. The van der Waals surface area contributed by atoms with E-state index in [9.17, 15) is 22.0 Å². The fourth-order valence-electron chi connectivity index (χ4n) is 4.06. The zero-order valence-corrected chi connectivity index (χ0v) is 21.0. The van der Waals surface area contributed by atoms with Crippen LogP contribution in [0.1, 0.15) is 18.5 Å². The molecule has 202 valence electrons. The van der Waals surface area contributed by atoms with Crippen molar-refractivity contribution in [1.29, 1.82) is 0 Å². The van der Waals surface area contributed by atoms with E-state index in [0.717, 1.165) is 27.4 Å². The number of likely N-dealkylation sites (tertiary alicyclic amines) is 1. The van der Waals surface area contributed by atoms with Crippen molar-refractivity contribution in [1.82, 2.24) is 19.4 Å². The summed E-state index contributed by atoms with van der Waals surface area (Å²) in [4.78, 5) is 22.7. The molecule has 0 bridgehead atoms. The molecule has 7 nitrogen and oxygen atoms in total. The number of carbonyl (C=O) groups is 1. The lowest BCUT2D eigenvalue weighted by Crippen LogP contribution is -3.12. The van der Waals surface area contributed by atoms with Crippen LogP contribution in [0.25, 0.3) is 28.4 Å². The Kier molecular flexibility index (Phi) is 7.96. The molecule has 1 aromatic carbocycles. The molecule has 0 radical (unpaired) electrons. The molecule has 3 aromatic heterocycles. The number of benzene rings is 1. The van der Waals surface area contributed by atoms with Crippen molar-refractivity contribution in [3.05, 3.63) is 64.5 Å². The van der Waals surface area contributed by atoms with Crippen LogP contribution in [0.2, 0.25) is 10.0 Å². The van der Waals surface area contributed by atoms with Gasteiger partial charge in [0.1, 0.15) is 12.2 Å². The third kappa shape index (κ3) is 6.43. The highest BCUT2D eigenvalue weighted by molar-refractivity contribution is 6.36. The highest BCUT2D eigenvalue weighted by Gasteiger charge is 2.38. The van der Waals surface area contributed by atoms with E-state index in [1.54, 1.807) is 18.3 Å². The van der Waals surface area contributed by atoms with Gasteiger partial charge in [0.25, 0.3) is 5.92 Å². The van der Waals surface area contributed by atoms with Crippen LogP contribution >= 0.6 is 23.2 Å². The highest BCUT2D eigenvalue weighted by Crippen LogP contribution is 2.31. The highest BCUT2D eigenvalue weighted by atomic mass is 35.5. The van der Waals surface area contributed by atoms with Gasteiger partial charge in [0.05, 0.1) is 48.4 Å². The molecule has 3 N–H and O–H groups in total. The number of pyridine rings is 1. The van der Waals surface area contributed by atoms with Gasteiger partial charge in [0.2, 0.25) is 0 Å². The summed E-state index contributed by atoms with van der Waals surface area (Å²) >= 11 is 12.3. The summed E-state index contributed by atoms with van der Waals surface area (Å²) in [6, 6.07) is 11.2. The molecule has 0 aliphatic carbocycles. The molecule has 1 aliphatic rings. The largest absolute Gasteiger partial charge is 0.490 e. The molecule has 0 saturated carbocycles. The Morgan fingerprint density at radius 3 is 2.47 bits per heavy atom. The minimum atomic E-state index is -5.08. The summed E-state index contributed by atoms with van der Waals surface area (Å²) in [5.41, 5.74) is 3.38. The first-order valence-electron chi connectivity index (χ1n) is 11.3. The second-order valence-electron chi connectivity index (χ2n) is 8.69. The summed E-state index contributed by atoms with van der Waals surface area (Å²) in [5.74, 6) is -4.02. The van der Waals surface area contributed by atoms with Gasteiger partial charge >= 0.3 is 12.1 Å². The third-order valence-corrected chi connectivity index (χ3v) is 6.53. The van der Waals surface area contributed by atoms with Gasteiger partial charge in [-0.1, -0.05) is 29.3 Å². The first-order valence-corrected chi connectivity index (χ1v) is 12.1. The number of nitrogens with zero attached hydrogens (tertiary/aromatic N) is 3. The van der Waals surface area contributed by atoms with Crippen molar-refractivity contribution in [3.63, 3.8) is 0 Å². The van der Waals surface area contributed by atoms with Gasteiger partial charge in [-0.3, -0.25) is 4.40 Å². The van der Waals surface area contributed by atoms with Crippen molar-refractivity contribution in [2.45, 2.75) is 31.5 Å². The van der Waals surface area contributed by atoms with Crippen molar-refractivity contribution < 1.29 is 36.8 Å². The summed E-state index contributed by atoms with van der Waals surface area (Å²) in [7, 11) is 0. The Bertz CT molecular complexity index is 1440. The lowest BCUT2D eigenvalue weighted by Gasteiger charge is -2.28. The number of rotatable bonds is 4. The van der Waals surface area contributed by atoms with E-state index >= 15 is 0 Å². The average Bonchev–Trinajstić information content (AvgIpc) is 3.46. The Morgan fingerprint density at radius 1 is 1.16 bits per heavy atom. The maximum absolute atomic E-state index is 13.5. The van der Waals surface area contributed by atoms with Crippen LogP contribution in [0, 0.1) is 0 Å². The van der Waals surface area contributed by atoms with Crippen molar-refractivity contribution in [2.75, 3.05) is 13.1 Å². The topological polar surface area (TPSA) is 87.7 Å². The van der Waals surface area contributed by atoms with Crippen LogP contribution in [-0.4, -0.2) is 55.6 Å². The van der Waals surface area contributed by atoms with Crippen LogP contribution in [0.3, 0.4) is 0 Å². The van der Waals surface area contributed by atoms with Gasteiger partial charge in [-0.2, -0.15) is 13.2 Å². The summed E-state index contributed by atoms with van der Waals surface area (Å²) in [6.07, 6.45) is -1.60. The molecule has 0 unspecified atom stereocenters. The molecule has 0 spiro atoms.